The summed E-state index contributed by atoms with van der Waals surface area (Å²) in [4.78, 5) is 0. The van der Waals surface area contributed by atoms with Crippen molar-refractivity contribution in [3.8, 4) is 11.1 Å². The zero-order valence-corrected chi connectivity index (χ0v) is 14.4. The summed E-state index contributed by atoms with van der Waals surface area (Å²) >= 11 is 0. The second kappa shape index (κ2) is 6.36. The van der Waals surface area contributed by atoms with Crippen LogP contribution in [0.25, 0.3) is 11.1 Å². The van der Waals surface area contributed by atoms with Crippen LogP contribution in [0.5, 0.6) is 0 Å². The maximum Gasteiger partial charge on any atom is 0.118 e. The average Bonchev–Trinajstić information content (AvgIpc) is 3.01. The first kappa shape index (κ1) is 15.9. The Balaban J connectivity index is 1.68. The fourth-order valence-electron chi connectivity index (χ4n) is 3.94. The predicted octanol–water partition coefficient (Wildman–Crippen LogP) is 6.16. The molecule has 2 heteroatoms. The highest BCUT2D eigenvalue weighted by atomic mass is 19.1. The smallest absolute Gasteiger partial charge is 0.118 e. The molecule has 1 aliphatic carbocycles. The van der Waals surface area contributed by atoms with Crippen molar-refractivity contribution in [1.82, 2.24) is 0 Å². The van der Waals surface area contributed by atoms with Crippen LogP contribution in [0.15, 0.2) is 79.2 Å². The van der Waals surface area contributed by atoms with Gasteiger partial charge in [-0.25, -0.2) is 4.39 Å². The van der Waals surface area contributed by atoms with E-state index in [1.54, 1.807) is 12.2 Å². The fraction of sp³-hybridized carbons (Fsp3) is 0.217. The summed E-state index contributed by atoms with van der Waals surface area (Å²) in [6.07, 6.45) is 7.98. The Morgan fingerprint density at radius 3 is 2.56 bits per heavy atom. The van der Waals surface area contributed by atoms with Gasteiger partial charge in [0.15, 0.2) is 0 Å². The third-order valence-electron chi connectivity index (χ3n) is 5.31. The Bertz CT molecular complexity index is 860. The molecule has 0 spiro atoms. The summed E-state index contributed by atoms with van der Waals surface area (Å²) in [6, 6.07) is 15.4. The molecule has 1 heterocycles. The van der Waals surface area contributed by atoms with E-state index in [-0.39, 0.29) is 11.9 Å². The lowest BCUT2D eigenvalue weighted by molar-refractivity contribution is 0.491. The first-order valence-corrected chi connectivity index (χ1v) is 8.79. The lowest BCUT2D eigenvalue weighted by atomic mass is 9.79. The Hall–Kier alpha value is -2.61. The lowest BCUT2D eigenvalue weighted by Gasteiger charge is -2.25. The topological polar surface area (TPSA) is 12.0 Å². The van der Waals surface area contributed by atoms with E-state index < -0.39 is 0 Å². The van der Waals surface area contributed by atoms with E-state index in [0.29, 0.717) is 11.8 Å². The number of rotatable bonds is 3. The molecule has 4 rings (SSSR count). The van der Waals surface area contributed by atoms with Crippen LogP contribution in [0.1, 0.15) is 23.5 Å². The van der Waals surface area contributed by atoms with Gasteiger partial charge in [0.2, 0.25) is 0 Å². The van der Waals surface area contributed by atoms with Crippen molar-refractivity contribution in [2.75, 3.05) is 5.32 Å². The Kier molecular flexibility index (Phi) is 4.04. The third kappa shape index (κ3) is 2.93. The van der Waals surface area contributed by atoms with Gasteiger partial charge in [0.05, 0.1) is 6.04 Å². The van der Waals surface area contributed by atoms with Gasteiger partial charge in [0.25, 0.3) is 0 Å². The van der Waals surface area contributed by atoms with Gasteiger partial charge in [-0.3, -0.25) is 0 Å². The van der Waals surface area contributed by atoms with Crippen molar-refractivity contribution in [1.29, 1.82) is 0 Å². The first-order chi connectivity index (χ1) is 12.2. The van der Waals surface area contributed by atoms with E-state index in [0.717, 1.165) is 12.1 Å². The van der Waals surface area contributed by atoms with Crippen molar-refractivity contribution in [2.45, 2.75) is 25.3 Å². The maximum atomic E-state index is 13.3. The summed E-state index contributed by atoms with van der Waals surface area (Å²) in [5.74, 6) is 0.453. The highest BCUT2D eigenvalue weighted by molar-refractivity contribution is 5.73. The zero-order chi connectivity index (χ0) is 17.4. The van der Waals surface area contributed by atoms with Crippen molar-refractivity contribution >= 4 is 5.69 Å². The van der Waals surface area contributed by atoms with Gasteiger partial charge in [-0.15, -0.1) is 6.58 Å². The van der Waals surface area contributed by atoms with E-state index in [9.17, 15) is 4.39 Å². The molecule has 1 N–H and O–H groups in total. The number of hydrogen-bond donors (Lipinski definition) is 1. The molecule has 3 unspecified atom stereocenters. The van der Waals surface area contributed by atoms with Crippen LogP contribution in [-0.2, 0) is 0 Å². The van der Waals surface area contributed by atoms with Crippen LogP contribution in [0.4, 0.5) is 10.1 Å². The minimum Gasteiger partial charge on any atom is -0.378 e. The number of nitrogens with one attached hydrogen (secondary N) is 1. The Labute approximate surface area is 148 Å². The SMILES string of the molecule is C=CC1Nc2cc(-c3ccc(C)cc3)ccc2C1C1C=CC(F)=CC1. The van der Waals surface area contributed by atoms with E-state index in [2.05, 4.69) is 61.3 Å². The molecule has 0 bridgehead atoms. The van der Waals surface area contributed by atoms with Gasteiger partial charge in [0, 0.05) is 11.6 Å². The van der Waals surface area contributed by atoms with Crippen LogP contribution >= 0.6 is 0 Å². The molecule has 0 saturated carbocycles. The van der Waals surface area contributed by atoms with Crippen LogP contribution in [-0.4, -0.2) is 6.04 Å². The molecule has 1 aliphatic heterocycles. The molecule has 126 valence electrons. The van der Waals surface area contributed by atoms with Gasteiger partial charge < -0.3 is 5.32 Å². The summed E-state index contributed by atoms with van der Waals surface area (Å²) in [6.45, 7) is 6.10. The fourth-order valence-corrected chi connectivity index (χ4v) is 3.94. The molecule has 0 fully saturated rings. The number of fused-ring (bicyclic) bond motifs is 1. The Morgan fingerprint density at radius 2 is 1.88 bits per heavy atom. The van der Waals surface area contributed by atoms with Crippen LogP contribution in [0.2, 0.25) is 0 Å². The van der Waals surface area contributed by atoms with E-state index in [4.69, 9.17) is 0 Å². The van der Waals surface area contributed by atoms with Crippen LogP contribution < -0.4 is 5.32 Å². The summed E-state index contributed by atoms with van der Waals surface area (Å²) < 4.78 is 13.3. The molecule has 2 aromatic rings. The van der Waals surface area contributed by atoms with Gasteiger partial charge >= 0.3 is 0 Å². The van der Waals surface area contributed by atoms with Crippen molar-refractivity contribution in [3.63, 3.8) is 0 Å². The van der Waals surface area contributed by atoms with Gasteiger partial charge in [-0.05, 0) is 54.2 Å². The number of allylic oxidation sites excluding steroid dienone is 4. The van der Waals surface area contributed by atoms with E-state index >= 15 is 0 Å². The van der Waals surface area contributed by atoms with Crippen molar-refractivity contribution in [2.24, 2.45) is 5.92 Å². The molecular formula is C23H22FN. The maximum absolute atomic E-state index is 13.3. The molecule has 0 aromatic heterocycles. The number of aryl methyl sites for hydroxylation is 1. The summed E-state index contributed by atoms with van der Waals surface area (Å²) in [7, 11) is 0. The minimum absolute atomic E-state index is 0.132. The highest BCUT2D eigenvalue weighted by Crippen LogP contribution is 2.45. The quantitative estimate of drug-likeness (QED) is 0.665. The van der Waals surface area contributed by atoms with Crippen LogP contribution in [0, 0.1) is 12.8 Å². The zero-order valence-electron chi connectivity index (χ0n) is 14.4. The van der Waals surface area contributed by atoms with Crippen LogP contribution in [0.3, 0.4) is 0 Å². The van der Waals surface area contributed by atoms with Gasteiger partial charge in [-0.1, -0.05) is 54.1 Å². The molecule has 1 nitrogen and oxygen atoms in total. The van der Waals surface area contributed by atoms with E-state index in [1.165, 1.54) is 22.3 Å². The van der Waals surface area contributed by atoms with E-state index in [1.807, 2.05) is 12.2 Å². The average molecular weight is 331 g/mol. The molecule has 2 aromatic carbocycles. The monoisotopic (exact) mass is 331 g/mol. The summed E-state index contributed by atoms with van der Waals surface area (Å²) in [5, 5.41) is 3.60. The highest BCUT2D eigenvalue weighted by Gasteiger charge is 2.35. The van der Waals surface area contributed by atoms with Gasteiger partial charge in [0.1, 0.15) is 5.83 Å². The molecule has 25 heavy (non-hydrogen) atoms. The molecule has 0 radical (unpaired) electrons. The number of benzene rings is 2. The standard InChI is InChI=1S/C23H22FN/c1-3-21-23(17-8-11-19(24)12-9-17)20-13-10-18(14-22(20)25-21)16-6-4-15(2)5-7-16/h3-8,10-14,17,21,23,25H,1,9H2,2H3. The summed E-state index contributed by atoms with van der Waals surface area (Å²) in [5.41, 5.74) is 6.15. The second-order valence-corrected chi connectivity index (χ2v) is 6.95. The third-order valence-corrected chi connectivity index (χ3v) is 5.31. The predicted molar refractivity (Wildman–Crippen MR) is 103 cm³/mol. The molecule has 0 amide bonds. The molecule has 2 aliphatic rings. The number of halogens is 1. The normalized spacial score (nSPS) is 24.4. The largest absolute Gasteiger partial charge is 0.378 e. The molecular weight excluding hydrogens is 309 g/mol. The lowest BCUT2D eigenvalue weighted by Crippen LogP contribution is -2.24. The first-order valence-electron chi connectivity index (χ1n) is 8.79. The van der Waals surface area contributed by atoms with Gasteiger partial charge in [-0.2, -0.15) is 0 Å². The van der Waals surface area contributed by atoms with Crippen molar-refractivity contribution < 1.29 is 4.39 Å². The minimum atomic E-state index is -0.132. The number of anilines is 1. The van der Waals surface area contributed by atoms with Crippen molar-refractivity contribution in [3.05, 3.63) is 90.3 Å². The number of hydrogen-bond acceptors (Lipinski definition) is 1. The second-order valence-electron chi connectivity index (χ2n) is 6.95. The molecule has 0 saturated heterocycles. The Morgan fingerprint density at radius 1 is 1.12 bits per heavy atom. The molecule has 3 atom stereocenters.